The molecular formula is C21H28O. The monoisotopic (exact) mass is 296 g/mol. The zero-order valence-corrected chi connectivity index (χ0v) is 14.1. The average molecular weight is 296 g/mol. The SMILES string of the molecule is CCCc1cccc(C(C)Cc2ccccc2O)c1CCC. The van der Waals surface area contributed by atoms with Gasteiger partial charge >= 0.3 is 0 Å². The molecule has 0 aromatic heterocycles. The lowest BCUT2D eigenvalue weighted by atomic mass is 9.85. The van der Waals surface area contributed by atoms with Crippen LogP contribution in [0.5, 0.6) is 5.75 Å². The van der Waals surface area contributed by atoms with Crippen molar-refractivity contribution in [2.24, 2.45) is 0 Å². The van der Waals surface area contributed by atoms with E-state index >= 15 is 0 Å². The first-order chi connectivity index (χ1) is 10.7. The number of hydrogen-bond acceptors (Lipinski definition) is 1. The highest BCUT2D eigenvalue weighted by atomic mass is 16.3. The molecule has 0 aliphatic heterocycles. The second kappa shape index (κ2) is 8.03. The van der Waals surface area contributed by atoms with E-state index in [9.17, 15) is 5.11 Å². The van der Waals surface area contributed by atoms with Gasteiger partial charge in [-0.05, 0) is 53.5 Å². The van der Waals surface area contributed by atoms with Gasteiger partial charge in [-0.2, -0.15) is 0 Å². The van der Waals surface area contributed by atoms with Gasteiger partial charge in [0.25, 0.3) is 0 Å². The van der Waals surface area contributed by atoms with E-state index in [4.69, 9.17) is 0 Å². The maximum Gasteiger partial charge on any atom is 0.118 e. The fraction of sp³-hybridized carbons (Fsp3) is 0.429. The zero-order chi connectivity index (χ0) is 15.9. The molecule has 0 saturated heterocycles. The molecule has 0 aliphatic rings. The molecular weight excluding hydrogens is 268 g/mol. The Bertz CT molecular complexity index is 601. The van der Waals surface area contributed by atoms with Crippen LogP contribution < -0.4 is 0 Å². The number of phenols is 1. The van der Waals surface area contributed by atoms with E-state index in [1.165, 1.54) is 29.5 Å². The Morgan fingerprint density at radius 1 is 0.864 bits per heavy atom. The number of aromatic hydroxyl groups is 1. The minimum Gasteiger partial charge on any atom is -0.508 e. The van der Waals surface area contributed by atoms with Crippen LogP contribution in [0.25, 0.3) is 0 Å². The summed E-state index contributed by atoms with van der Waals surface area (Å²) in [6, 6.07) is 14.4. The van der Waals surface area contributed by atoms with E-state index in [-0.39, 0.29) is 0 Å². The molecule has 0 saturated carbocycles. The molecule has 0 amide bonds. The molecule has 2 aromatic carbocycles. The lowest BCUT2D eigenvalue weighted by molar-refractivity contribution is 0.465. The molecule has 0 heterocycles. The molecule has 2 rings (SSSR count). The number of benzene rings is 2. The Balaban J connectivity index is 2.30. The van der Waals surface area contributed by atoms with Crippen LogP contribution >= 0.6 is 0 Å². The van der Waals surface area contributed by atoms with Gasteiger partial charge in [0.05, 0.1) is 0 Å². The third-order valence-corrected chi connectivity index (χ3v) is 4.38. The molecule has 1 heteroatoms. The van der Waals surface area contributed by atoms with Gasteiger partial charge in [-0.3, -0.25) is 0 Å². The van der Waals surface area contributed by atoms with Gasteiger partial charge in [0, 0.05) is 0 Å². The Kier molecular flexibility index (Phi) is 6.06. The third-order valence-electron chi connectivity index (χ3n) is 4.38. The van der Waals surface area contributed by atoms with Gasteiger partial charge in [0.2, 0.25) is 0 Å². The van der Waals surface area contributed by atoms with Crippen molar-refractivity contribution >= 4 is 0 Å². The van der Waals surface area contributed by atoms with Crippen molar-refractivity contribution in [2.75, 3.05) is 0 Å². The molecule has 22 heavy (non-hydrogen) atoms. The summed E-state index contributed by atoms with van der Waals surface area (Å²) >= 11 is 0. The standard InChI is InChI=1S/C21H28O/c1-4-9-17-12-8-13-19(20(17)10-5-2)16(3)15-18-11-6-7-14-21(18)22/h6-8,11-14,16,22H,4-5,9-10,15H2,1-3H3. The first-order valence-electron chi connectivity index (χ1n) is 8.54. The number of phenolic OH excluding ortho intramolecular Hbond substituents is 1. The van der Waals surface area contributed by atoms with Crippen molar-refractivity contribution in [1.82, 2.24) is 0 Å². The highest BCUT2D eigenvalue weighted by Crippen LogP contribution is 2.30. The Morgan fingerprint density at radius 2 is 1.55 bits per heavy atom. The predicted molar refractivity (Wildman–Crippen MR) is 94.7 cm³/mol. The number of hydrogen-bond donors (Lipinski definition) is 1. The van der Waals surface area contributed by atoms with Crippen LogP contribution in [0, 0.1) is 0 Å². The van der Waals surface area contributed by atoms with Crippen LogP contribution in [0.15, 0.2) is 42.5 Å². The molecule has 0 radical (unpaired) electrons. The number of aryl methyl sites for hydroxylation is 1. The largest absolute Gasteiger partial charge is 0.508 e. The lowest BCUT2D eigenvalue weighted by Gasteiger charge is -2.20. The zero-order valence-electron chi connectivity index (χ0n) is 14.1. The minimum absolute atomic E-state index is 0.413. The fourth-order valence-electron chi connectivity index (χ4n) is 3.30. The summed E-state index contributed by atoms with van der Waals surface area (Å²) in [4.78, 5) is 0. The summed E-state index contributed by atoms with van der Waals surface area (Å²) in [5, 5.41) is 10.0. The second-order valence-electron chi connectivity index (χ2n) is 6.22. The summed E-state index contributed by atoms with van der Waals surface area (Å²) in [6.07, 6.45) is 5.56. The van der Waals surface area contributed by atoms with Crippen molar-refractivity contribution < 1.29 is 5.11 Å². The van der Waals surface area contributed by atoms with Crippen LogP contribution in [-0.2, 0) is 19.3 Å². The minimum atomic E-state index is 0.413. The van der Waals surface area contributed by atoms with E-state index in [2.05, 4.69) is 39.0 Å². The Hall–Kier alpha value is -1.76. The van der Waals surface area contributed by atoms with Crippen LogP contribution in [0.2, 0.25) is 0 Å². The number of para-hydroxylation sites is 1. The van der Waals surface area contributed by atoms with Crippen molar-refractivity contribution in [3.8, 4) is 5.75 Å². The van der Waals surface area contributed by atoms with Gasteiger partial charge in [-0.15, -0.1) is 0 Å². The molecule has 0 fully saturated rings. The smallest absolute Gasteiger partial charge is 0.118 e. The highest BCUT2D eigenvalue weighted by Gasteiger charge is 2.15. The van der Waals surface area contributed by atoms with E-state index in [1.54, 1.807) is 6.07 Å². The quantitative estimate of drug-likeness (QED) is 0.700. The van der Waals surface area contributed by atoms with Crippen molar-refractivity contribution in [1.29, 1.82) is 0 Å². The van der Waals surface area contributed by atoms with Crippen LogP contribution in [0.4, 0.5) is 0 Å². The Labute approximate surface area is 135 Å². The van der Waals surface area contributed by atoms with Crippen LogP contribution in [-0.4, -0.2) is 5.11 Å². The number of rotatable bonds is 7. The first kappa shape index (κ1) is 16.6. The molecule has 1 nitrogen and oxygen atoms in total. The first-order valence-corrected chi connectivity index (χ1v) is 8.54. The summed E-state index contributed by atoms with van der Waals surface area (Å²) < 4.78 is 0. The second-order valence-corrected chi connectivity index (χ2v) is 6.22. The van der Waals surface area contributed by atoms with Crippen molar-refractivity contribution in [3.63, 3.8) is 0 Å². The Morgan fingerprint density at radius 3 is 2.23 bits per heavy atom. The van der Waals surface area contributed by atoms with Crippen LogP contribution in [0.1, 0.15) is 61.8 Å². The normalized spacial score (nSPS) is 12.3. The van der Waals surface area contributed by atoms with E-state index in [1.807, 2.05) is 18.2 Å². The molecule has 0 spiro atoms. The average Bonchev–Trinajstić information content (AvgIpc) is 2.51. The van der Waals surface area contributed by atoms with Gasteiger partial charge in [0.15, 0.2) is 0 Å². The predicted octanol–water partition coefficient (Wildman–Crippen LogP) is 5.64. The summed E-state index contributed by atoms with van der Waals surface area (Å²) in [7, 11) is 0. The molecule has 2 aromatic rings. The van der Waals surface area contributed by atoms with E-state index < -0.39 is 0 Å². The van der Waals surface area contributed by atoms with E-state index in [0.717, 1.165) is 24.8 Å². The summed E-state index contributed by atoms with van der Waals surface area (Å²) in [5.41, 5.74) is 5.54. The highest BCUT2D eigenvalue weighted by molar-refractivity contribution is 5.40. The molecule has 1 N–H and O–H groups in total. The van der Waals surface area contributed by atoms with Gasteiger partial charge in [-0.1, -0.05) is 70.0 Å². The summed E-state index contributed by atoms with van der Waals surface area (Å²) in [6.45, 7) is 6.77. The molecule has 1 unspecified atom stereocenters. The van der Waals surface area contributed by atoms with Gasteiger partial charge < -0.3 is 5.11 Å². The maximum absolute atomic E-state index is 10.0. The fourth-order valence-corrected chi connectivity index (χ4v) is 3.30. The molecule has 1 atom stereocenters. The lowest BCUT2D eigenvalue weighted by Crippen LogP contribution is -2.06. The third kappa shape index (κ3) is 3.91. The van der Waals surface area contributed by atoms with Gasteiger partial charge in [0.1, 0.15) is 5.75 Å². The van der Waals surface area contributed by atoms with Crippen molar-refractivity contribution in [2.45, 2.75) is 58.8 Å². The van der Waals surface area contributed by atoms with Gasteiger partial charge in [-0.25, -0.2) is 0 Å². The molecule has 0 bridgehead atoms. The summed E-state index contributed by atoms with van der Waals surface area (Å²) in [5.74, 6) is 0.836. The van der Waals surface area contributed by atoms with Crippen molar-refractivity contribution in [3.05, 3.63) is 64.7 Å². The van der Waals surface area contributed by atoms with E-state index in [0.29, 0.717) is 11.7 Å². The maximum atomic E-state index is 10.0. The molecule has 118 valence electrons. The molecule has 0 aliphatic carbocycles. The topological polar surface area (TPSA) is 20.2 Å². The van der Waals surface area contributed by atoms with Crippen LogP contribution in [0.3, 0.4) is 0 Å².